The fourth-order valence-corrected chi connectivity index (χ4v) is 4.12. The zero-order chi connectivity index (χ0) is 23.4. The van der Waals surface area contributed by atoms with Gasteiger partial charge in [-0.3, -0.25) is 4.79 Å². The van der Waals surface area contributed by atoms with Crippen molar-refractivity contribution in [1.29, 1.82) is 0 Å². The minimum Gasteiger partial charge on any atom is -0.370 e. The van der Waals surface area contributed by atoms with Crippen LogP contribution >= 0.6 is 0 Å². The van der Waals surface area contributed by atoms with Crippen LogP contribution in [0.1, 0.15) is 47.4 Å². The molecule has 1 fully saturated rings. The molecule has 6 N–H and O–H groups in total. The van der Waals surface area contributed by atoms with Crippen molar-refractivity contribution in [3.8, 4) is 0 Å². The smallest absolute Gasteiger partial charge is 0.289 e. The van der Waals surface area contributed by atoms with Gasteiger partial charge in [0.05, 0.1) is 17.6 Å². The van der Waals surface area contributed by atoms with Gasteiger partial charge in [0, 0.05) is 11.9 Å². The SMILES string of the molecule is Cc1ccc2nc(C(=O)NCc3ccc(F)cc3)nc(NC3CCCCC3N=C(N)N)c2c1. The number of aryl methyl sites for hydroxylation is 1. The van der Waals surface area contributed by atoms with E-state index in [0.29, 0.717) is 11.3 Å². The molecule has 2 atom stereocenters. The van der Waals surface area contributed by atoms with E-state index in [1.165, 1.54) is 12.1 Å². The van der Waals surface area contributed by atoms with Gasteiger partial charge in [-0.25, -0.2) is 19.4 Å². The van der Waals surface area contributed by atoms with Gasteiger partial charge in [0.15, 0.2) is 5.96 Å². The second kappa shape index (κ2) is 9.81. The molecule has 0 saturated heterocycles. The van der Waals surface area contributed by atoms with Crippen LogP contribution in [-0.4, -0.2) is 33.9 Å². The van der Waals surface area contributed by atoms with Crippen molar-refractivity contribution in [3.63, 3.8) is 0 Å². The van der Waals surface area contributed by atoms with Crippen LogP contribution in [0.25, 0.3) is 10.9 Å². The topological polar surface area (TPSA) is 131 Å². The standard InChI is InChI=1S/C24H28FN7O/c1-14-6-11-18-17(12-14)21(30-19-4-2-3-5-20(19)31-24(26)27)32-22(29-18)23(33)28-13-15-7-9-16(25)10-8-15/h6-12,19-20H,2-5,13H2,1H3,(H,28,33)(H4,26,27,31)(H,29,30,32). The van der Waals surface area contributed by atoms with Gasteiger partial charge in [0.2, 0.25) is 5.82 Å². The first-order valence-corrected chi connectivity index (χ1v) is 11.1. The van der Waals surface area contributed by atoms with Gasteiger partial charge in [0.25, 0.3) is 5.91 Å². The Morgan fingerprint density at radius 2 is 1.88 bits per heavy atom. The summed E-state index contributed by atoms with van der Waals surface area (Å²) in [6.07, 6.45) is 3.88. The van der Waals surface area contributed by atoms with Crippen LogP contribution in [0.4, 0.5) is 10.2 Å². The summed E-state index contributed by atoms with van der Waals surface area (Å²) >= 11 is 0. The Hall–Kier alpha value is -3.75. The van der Waals surface area contributed by atoms with Crippen LogP contribution in [-0.2, 0) is 6.54 Å². The molecule has 1 aromatic heterocycles. The lowest BCUT2D eigenvalue weighted by Crippen LogP contribution is -2.38. The first kappa shape index (κ1) is 22.4. The highest BCUT2D eigenvalue weighted by molar-refractivity contribution is 5.96. The monoisotopic (exact) mass is 449 g/mol. The van der Waals surface area contributed by atoms with Gasteiger partial charge >= 0.3 is 0 Å². The van der Waals surface area contributed by atoms with E-state index in [4.69, 9.17) is 11.5 Å². The minimum absolute atomic E-state index is 0.00501. The number of benzene rings is 2. The van der Waals surface area contributed by atoms with Gasteiger partial charge in [-0.05, 0) is 49.6 Å². The summed E-state index contributed by atoms with van der Waals surface area (Å²) in [5, 5.41) is 7.13. The number of nitrogens with zero attached hydrogens (tertiary/aromatic N) is 3. The molecule has 1 heterocycles. The summed E-state index contributed by atoms with van der Waals surface area (Å²) in [5.74, 6) is -0.0219. The lowest BCUT2D eigenvalue weighted by molar-refractivity contribution is 0.0941. The molecule has 0 spiro atoms. The summed E-state index contributed by atoms with van der Waals surface area (Å²) in [6.45, 7) is 2.24. The fraction of sp³-hybridized carbons (Fsp3) is 0.333. The summed E-state index contributed by atoms with van der Waals surface area (Å²) in [7, 11) is 0. The van der Waals surface area contributed by atoms with E-state index in [9.17, 15) is 9.18 Å². The largest absolute Gasteiger partial charge is 0.370 e. The van der Waals surface area contributed by atoms with Crippen LogP contribution in [0.3, 0.4) is 0 Å². The number of nitrogens with one attached hydrogen (secondary N) is 2. The zero-order valence-electron chi connectivity index (χ0n) is 18.5. The predicted octanol–water partition coefficient (Wildman–Crippen LogP) is 3.00. The Morgan fingerprint density at radius 3 is 2.64 bits per heavy atom. The maximum absolute atomic E-state index is 13.1. The average molecular weight is 450 g/mol. The number of aliphatic imine (C=N–C) groups is 1. The fourth-order valence-electron chi connectivity index (χ4n) is 4.12. The molecule has 33 heavy (non-hydrogen) atoms. The van der Waals surface area contributed by atoms with Crippen molar-refractivity contribution in [2.45, 2.75) is 51.2 Å². The second-order valence-corrected chi connectivity index (χ2v) is 8.38. The van der Waals surface area contributed by atoms with Crippen LogP contribution in [0, 0.1) is 12.7 Å². The molecule has 9 heteroatoms. The van der Waals surface area contributed by atoms with Gasteiger partial charge in [-0.2, -0.15) is 0 Å². The molecular formula is C24H28FN7O. The molecule has 8 nitrogen and oxygen atoms in total. The normalized spacial score (nSPS) is 18.0. The first-order chi connectivity index (χ1) is 15.9. The number of nitrogens with two attached hydrogens (primary N) is 2. The van der Waals surface area contributed by atoms with Gasteiger partial charge in [-0.15, -0.1) is 0 Å². The summed E-state index contributed by atoms with van der Waals surface area (Å²) in [6, 6.07) is 11.7. The van der Waals surface area contributed by atoms with E-state index in [-0.39, 0.29) is 36.2 Å². The van der Waals surface area contributed by atoms with Gasteiger partial charge < -0.3 is 22.1 Å². The summed E-state index contributed by atoms with van der Waals surface area (Å²) in [4.78, 5) is 26.3. The van der Waals surface area contributed by atoms with Crippen LogP contribution < -0.4 is 22.1 Å². The van der Waals surface area contributed by atoms with E-state index < -0.39 is 5.91 Å². The van der Waals surface area contributed by atoms with E-state index in [1.54, 1.807) is 12.1 Å². The van der Waals surface area contributed by atoms with Crippen molar-refractivity contribution in [2.24, 2.45) is 16.5 Å². The maximum atomic E-state index is 13.1. The molecule has 0 bridgehead atoms. The molecular weight excluding hydrogens is 421 g/mol. The number of anilines is 1. The summed E-state index contributed by atoms with van der Waals surface area (Å²) in [5.41, 5.74) is 13.8. The van der Waals surface area contributed by atoms with Crippen LogP contribution in [0.5, 0.6) is 0 Å². The third kappa shape index (κ3) is 5.54. The van der Waals surface area contributed by atoms with Crippen LogP contribution in [0.15, 0.2) is 47.5 Å². The van der Waals surface area contributed by atoms with E-state index in [2.05, 4.69) is 25.6 Å². The first-order valence-electron chi connectivity index (χ1n) is 11.1. The number of rotatable bonds is 6. The van der Waals surface area contributed by atoms with Gasteiger partial charge in [-0.1, -0.05) is 36.6 Å². The number of amides is 1. The van der Waals surface area contributed by atoms with E-state index in [1.807, 2.05) is 25.1 Å². The average Bonchev–Trinajstić information content (AvgIpc) is 2.79. The number of halogens is 1. The molecule has 1 amide bonds. The molecule has 0 radical (unpaired) electrons. The van der Waals surface area contributed by atoms with E-state index >= 15 is 0 Å². The Balaban J connectivity index is 1.62. The highest BCUT2D eigenvalue weighted by atomic mass is 19.1. The molecule has 2 aromatic carbocycles. The summed E-state index contributed by atoms with van der Waals surface area (Å²) < 4.78 is 13.1. The lowest BCUT2D eigenvalue weighted by atomic mass is 9.90. The number of carbonyl (C=O) groups is 1. The van der Waals surface area contributed by atoms with Crippen molar-refractivity contribution in [2.75, 3.05) is 5.32 Å². The van der Waals surface area contributed by atoms with Gasteiger partial charge in [0.1, 0.15) is 11.6 Å². The Bertz CT molecular complexity index is 1180. The number of guanidine groups is 1. The lowest BCUT2D eigenvalue weighted by Gasteiger charge is -2.30. The molecule has 0 aliphatic heterocycles. The molecule has 172 valence electrons. The highest BCUT2D eigenvalue weighted by Gasteiger charge is 2.26. The number of carbonyl (C=O) groups excluding carboxylic acids is 1. The van der Waals surface area contributed by atoms with Crippen molar-refractivity contribution in [1.82, 2.24) is 15.3 Å². The Labute approximate surface area is 191 Å². The zero-order valence-corrected chi connectivity index (χ0v) is 18.5. The van der Waals surface area contributed by atoms with Crippen molar-refractivity contribution in [3.05, 3.63) is 65.2 Å². The Morgan fingerprint density at radius 1 is 1.12 bits per heavy atom. The number of aromatic nitrogens is 2. The van der Waals surface area contributed by atoms with E-state index in [0.717, 1.165) is 42.2 Å². The maximum Gasteiger partial charge on any atom is 0.289 e. The number of fused-ring (bicyclic) bond motifs is 1. The molecule has 3 aromatic rings. The van der Waals surface area contributed by atoms with Crippen molar-refractivity contribution < 1.29 is 9.18 Å². The quantitative estimate of drug-likeness (QED) is 0.338. The predicted molar refractivity (Wildman–Crippen MR) is 127 cm³/mol. The third-order valence-electron chi connectivity index (χ3n) is 5.79. The second-order valence-electron chi connectivity index (χ2n) is 8.38. The molecule has 1 aliphatic carbocycles. The van der Waals surface area contributed by atoms with Crippen LogP contribution in [0.2, 0.25) is 0 Å². The molecule has 1 saturated carbocycles. The molecule has 4 rings (SSSR count). The third-order valence-corrected chi connectivity index (χ3v) is 5.79. The number of hydrogen-bond donors (Lipinski definition) is 4. The minimum atomic E-state index is -0.408. The molecule has 2 unspecified atom stereocenters. The molecule has 1 aliphatic rings. The highest BCUT2D eigenvalue weighted by Crippen LogP contribution is 2.28. The van der Waals surface area contributed by atoms with Crippen molar-refractivity contribution >= 4 is 28.6 Å². The number of hydrogen-bond acceptors (Lipinski definition) is 5. The Kier molecular flexibility index (Phi) is 6.67.